The molecule has 0 amide bonds. The van der Waals surface area contributed by atoms with Gasteiger partial charge in [-0.25, -0.2) is 0 Å². The van der Waals surface area contributed by atoms with Gasteiger partial charge in [0.2, 0.25) is 6.79 Å². The van der Waals surface area contributed by atoms with Gasteiger partial charge in [0.25, 0.3) is 0 Å². The molecule has 0 unspecified atom stereocenters. The first kappa shape index (κ1) is 15.8. The first-order valence-corrected chi connectivity index (χ1v) is 7.73. The van der Waals surface area contributed by atoms with Gasteiger partial charge in [0.05, 0.1) is 0 Å². The minimum Gasteiger partial charge on any atom is -0.454 e. The Morgan fingerprint density at radius 1 is 0.792 bits per heavy atom. The molecule has 0 saturated carbocycles. The van der Waals surface area contributed by atoms with Crippen LogP contribution in [0, 0.1) is 6.92 Å². The maximum Gasteiger partial charge on any atom is 0.231 e. The summed E-state index contributed by atoms with van der Waals surface area (Å²) in [5.41, 5.74) is 4.09. The van der Waals surface area contributed by atoms with Crippen molar-refractivity contribution in [1.29, 1.82) is 0 Å². The van der Waals surface area contributed by atoms with Crippen molar-refractivity contribution in [3.05, 3.63) is 83.9 Å². The minimum absolute atomic E-state index is 0.281. The van der Waals surface area contributed by atoms with E-state index in [9.17, 15) is 4.79 Å². The maximum atomic E-state index is 10.6. The highest BCUT2D eigenvalue weighted by Gasteiger charge is 2.13. The van der Waals surface area contributed by atoms with Gasteiger partial charge in [-0.05, 0) is 30.2 Å². The first-order chi connectivity index (χ1) is 11.8. The van der Waals surface area contributed by atoms with Crippen LogP contribution in [-0.2, 0) is 0 Å². The van der Waals surface area contributed by atoms with Crippen molar-refractivity contribution < 1.29 is 14.3 Å². The van der Waals surface area contributed by atoms with Crippen molar-refractivity contribution in [3.8, 4) is 22.6 Å². The third-order valence-corrected chi connectivity index (χ3v) is 3.69. The van der Waals surface area contributed by atoms with Gasteiger partial charge >= 0.3 is 0 Å². The molecular formula is C21H18O3. The Kier molecular flexibility index (Phi) is 4.92. The van der Waals surface area contributed by atoms with E-state index in [4.69, 9.17) is 9.47 Å². The fraction of sp³-hybridized carbons (Fsp3) is 0.0952. The van der Waals surface area contributed by atoms with E-state index >= 15 is 0 Å². The van der Waals surface area contributed by atoms with Crippen molar-refractivity contribution >= 4 is 6.29 Å². The van der Waals surface area contributed by atoms with Gasteiger partial charge in [0.1, 0.15) is 6.29 Å². The highest BCUT2D eigenvalue weighted by Crippen LogP contribution is 2.35. The normalized spacial score (nSPS) is 11.4. The Morgan fingerprint density at radius 3 is 2.08 bits per heavy atom. The number of aldehydes is 1. The smallest absolute Gasteiger partial charge is 0.231 e. The van der Waals surface area contributed by atoms with Gasteiger partial charge in [0, 0.05) is 5.56 Å². The lowest BCUT2D eigenvalue weighted by molar-refractivity contribution is 0.112. The third kappa shape index (κ3) is 3.82. The molecule has 24 heavy (non-hydrogen) atoms. The lowest BCUT2D eigenvalue weighted by atomic mass is 10.0. The maximum absolute atomic E-state index is 10.6. The number of carbonyl (C=O) groups is 1. The summed E-state index contributed by atoms with van der Waals surface area (Å²) in [6.07, 6.45) is 0.837. The topological polar surface area (TPSA) is 35.5 Å². The van der Waals surface area contributed by atoms with Crippen LogP contribution in [0.4, 0.5) is 0 Å². The molecule has 0 fully saturated rings. The average Bonchev–Trinajstić information content (AvgIpc) is 3.11. The lowest BCUT2D eigenvalue weighted by Gasteiger charge is -2.03. The molecule has 3 aromatic carbocycles. The number of hydrogen-bond donors (Lipinski definition) is 0. The van der Waals surface area contributed by atoms with Gasteiger partial charge in [-0.1, -0.05) is 66.2 Å². The molecule has 3 nitrogen and oxygen atoms in total. The predicted octanol–water partition coefficient (Wildman–Crippen LogP) is 4.89. The summed E-state index contributed by atoms with van der Waals surface area (Å²) in [6.45, 7) is 2.36. The fourth-order valence-corrected chi connectivity index (χ4v) is 2.36. The Labute approximate surface area is 141 Å². The summed E-state index contributed by atoms with van der Waals surface area (Å²) in [6, 6.07) is 23.5. The summed E-state index contributed by atoms with van der Waals surface area (Å²) in [5.74, 6) is 1.54. The number of carbonyl (C=O) groups excluding carboxylic acids is 1. The predicted molar refractivity (Wildman–Crippen MR) is 94.6 cm³/mol. The highest BCUT2D eigenvalue weighted by molar-refractivity contribution is 5.77. The van der Waals surface area contributed by atoms with Crippen LogP contribution < -0.4 is 9.47 Å². The monoisotopic (exact) mass is 318 g/mol. The Morgan fingerprint density at radius 2 is 1.46 bits per heavy atom. The molecular weight excluding hydrogens is 300 g/mol. The van der Waals surface area contributed by atoms with Gasteiger partial charge in [-0.15, -0.1) is 0 Å². The number of hydrogen-bond acceptors (Lipinski definition) is 3. The van der Waals surface area contributed by atoms with Crippen LogP contribution in [0.2, 0.25) is 0 Å². The number of aryl methyl sites for hydroxylation is 1. The van der Waals surface area contributed by atoms with E-state index in [2.05, 4.69) is 19.1 Å². The van der Waals surface area contributed by atoms with E-state index < -0.39 is 0 Å². The Bertz CT molecular complexity index is 808. The summed E-state index contributed by atoms with van der Waals surface area (Å²) in [4.78, 5) is 10.6. The van der Waals surface area contributed by atoms with Crippen LogP contribution in [-0.4, -0.2) is 13.1 Å². The molecule has 0 radical (unpaired) electrons. The van der Waals surface area contributed by atoms with Gasteiger partial charge < -0.3 is 9.47 Å². The van der Waals surface area contributed by atoms with Crippen LogP contribution >= 0.6 is 0 Å². The molecule has 120 valence electrons. The van der Waals surface area contributed by atoms with Crippen molar-refractivity contribution in [2.45, 2.75) is 6.92 Å². The summed E-state index contributed by atoms with van der Waals surface area (Å²) < 4.78 is 10.6. The van der Waals surface area contributed by atoms with Gasteiger partial charge in [-0.3, -0.25) is 4.79 Å². The standard InChI is InChI=1S/C14H10O3.C7H8/c15-8-10-1-3-11(4-2-10)12-5-6-13-14(7-12)17-9-16-13;1-7-5-3-2-4-6-7/h1-8H,9H2;2-6H,1H3. The Balaban J connectivity index is 0.000000203. The molecule has 0 N–H and O–H groups in total. The zero-order valence-electron chi connectivity index (χ0n) is 13.4. The van der Waals surface area contributed by atoms with Crippen molar-refractivity contribution in [3.63, 3.8) is 0 Å². The number of benzene rings is 3. The number of ether oxygens (including phenoxy) is 2. The third-order valence-electron chi connectivity index (χ3n) is 3.69. The second-order valence-corrected chi connectivity index (χ2v) is 5.46. The van der Waals surface area contributed by atoms with E-state index in [1.165, 1.54) is 5.56 Å². The van der Waals surface area contributed by atoms with Crippen molar-refractivity contribution in [2.75, 3.05) is 6.79 Å². The minimum atomic E-state index is 0.281. The van der Waals surface area contributed by atoms with Crippen LogP contribution in [0.25, 0.3) is 11.1 Å². The van der Waals surface area contributed by atoms with E-state index in [1.54, 1.807) is 12.1 Å². The van der Waals surface area contributed by atoms with E-state index in [0.29, 0.717) is 5.56 Å². The van der Waals surface area contributed by atoms with Crippen LogP contribution in [0.15, 0.2) is 72.8 Å². The molecule has 0 spiro atoms. The summed E-state index contributed by atoms with van der Waals surface area (Å²) in [5, 5.41) is 0. The van der Waals surface area contributed by atoms with Crippen LogP contribution in [0.3, 0.4) is 0 Å². The van der Waals surface area contributed by atoms with Crippen molar-refractivity contribution in [2.24, 2.45) is 0 Å². The Hall–Kier alpha value is -3.07. The van der Waals surface area contributed by atoms with E-state index in [1.807, 2.05) is 48.5 Å². The molecule has 1 heterocycles. The van der Waals surface area contributed by atoms with Gasteiger partial charge in [0.15, 0.2) is 11.5 Å². The second-order valence-electron chi connectivity index (χ2n) is 5.46. The number of rotatable bonds is 2. The first-order valence-electron chi connectivity index (χ1n) is 7.73. The van der Waals surface area contributed by atoms with Crippen LogP contribution in [0.5, 0.6) is 11.5 Å². The summed E-state index contributed by atoms with van der Waals surface area (Å²) in [7, 11) is 0. The number of fused-ring (bicyclic) bond motifs is 1. The zero-order chi connectivity index (χ0) is 16.8. The molecule has 3 aromatic rings. The largest absolute Gasteiger partial charge is 0.454 e. The second kappa shape index (κ2) is 7.47. The summed E-state index contributed by atoms with van der Waals surface area (Å²) >= 11 is 0. The van der Waals surface area contributed by atoms with E-state index in [0.717, 1.165) is 28.9 Å². The lowest BCUT2D eigenvalue weighted by Crippen LogP contribution is -1.92. The average molecular weight is 318 g/mol. The molecule has 0 saturated heterocycles. The molecule has 0 bridgehead atoms. The van der Waals surface area contributed by atoms with Crippen LogP contribution in [0.1, 0.15) is 15.9 Å². The van der Waals surface area contributed by atoms with E-state index in [-0.39, 0.29) is 6.79 Å². The molecule has 0 aromatic heterocycles. The SMILES string of the molecule is Cc1ccccc1.O=Cc1ccc(-c2ccc3c(c2)OCO3)cc1. The molecule has 1 aliphatic heterocycles. The molecule has 4 rings (SSSR count). The van der Waals surface area contributed by atoms with Crippen molar-refractivity contribution in [1.82, 2.24) is 0 Å². The highest BCUT2D eigenvalue weighted by atomic mass is 16.7. The quantitative estimate of drug-likeness (QED) is 0.631. The molecule has 3 heteroatoms. The van der Waals surface area contributed by atoms with Gasteiger partial charge in [-0.2, -0.15) is 0 Å². The zero-order valence-corrected chi connectivity index (χ0v) is 13.4. The molecule has 1 aliphatic rings. The molecule has 0 aliphatic carbocycles. The molecule has 0 atom stereocenters. The fourth-order valence-electron chi connectivity index (χ4n) is 2.36.